The number of benzene rings is 1. The second kappa shape index (κ2) is 14.8. The Morgan fingerprint density at radius 2 is 1.50 bits per heavy atom. The van der Waals surface area contributed by atoms with E-state index in [0.717, 1.165) is 12.6 Å². The van der Waals surface area contributed by atoms with Gasteiger partial charge in [-0.25, -0.2) is 33.1 Å². The summed E-state index contributed by atoms with van der Waals surface area (Å²) in [5.41, 5.74) is -0.815. The van der Waals surface area contributed by atoms with Crippen molar-refractivity contribution in [3.63, 3.8) is 0 Å². The third kappa shape index (κ3) is 9.54. The first-order valence-electron chi connectivity index (χ1n) is 13.5. The molecule has 0 atom stereocenters. The first-order valence-corrected chi connectivity index (χ1v) is 16.1. The lowest BCUT2D eigenvalue weighted by Crippen LogP contribution is -2.44. The van der Waals surface area contributed by atoms with E-state index in [0.29, 0.717) is 31.6 Å². The summed E-state index contributed by atoms with van der Waals surface area (Å²) in [7, 11) is -1.76. The Bertz CT molecular complexity index is 1680. The van der Waals surface area contributed by atoms with Crippen LogP contribution in [0.2, 0.25) is 10.3 Å². The second-order valence-electron chi connectivity index (χ2n) is 10.9. The largest absolute Gasteiger partial charge is 0.444 e. The van der Waals surface area contributed by atoms with E-state index in [2.05, 4.69) is 25.3 Å². The van der Waals surface area contributed by atoms with E-state index in [1.807, 2.05) is 20.8 Å². The minimum absolute atomic E-state index is 0.0609. The molecule has 0 saturated carbocycles. The van der Waals surface area contributed by atoms with Crippen molar-refractivity contribution in [2.24, 2.45) is 0 Å². The van der Waals surface area contributed by atoms with E-state index in [-0.39, 0.29) is 44.7 Å². The second-order valence-corrected chi connectivity index (χ2v) is 13.7. The van der Waals surface area contributed by atoms with Gasteiger partial charge < -0.3 is 19.9 Å². The van der Waals surface area contributed by atoms with E-state index in [4.69, 9.17) is 27.9 Å². The van der Waals surface area contributed by atoms with Crippen LogP contribution in [-0.2, 0) is 14.6 Å². The molecule has 248 valence electrons. The maximum absolute atomic E-state index is 12.3. The molecule has 0 aliphatic carbocycles. The Balaban J connectivity index is 0.000000441. The monoisotopic (exact) mass is 699 g/mol. The molecule has 20 heteroatoms. The molecular formula is C26H31Cl2N9O8S. The predicted molar refractivity (Wildman–Crippen MR) is 169 cm³/mol. The van der Waals surface area contributed by atoms with Crippen molar-refractivity contribution in [3.8, 4) is 0 Å². The number of hydrogen-bond acceptors (Lipinski definition) is 14. The van der Waals surface area contributed by atoms with Crippen LogP contribution in [0.1, 0.15) is 33.6 Å². The molecule has 1 amide bonds. The molecule has 0 bridgehead atoms. The maximum atomic E-state index is 12.3. The summed E-state index contributed by atoms with van der Waals surface area (Å²) < 4.78 is 28.8. The molecule has 46 heavy (non-hydrogen) atoms. The number of aromatic nitrogens is 4. The molecule has 4 rings (SSSR count). The van der Waals surface area contributed by atoms with Gasteiger partial charge in [-0.15, -0.1) is 0 Å². The van der Waals surface area contributed by atoms with Gasteiger partial charge in [0.1, 0.15) is 18.3 Å². The molecule has 1 saturated heterocycles. The van der Waals surface area contributed by atoms with Crippen molar-refractivity contribution in [1.82, 2.24) is 24.8 Å². The molecule has 0 spiro atoms. The van der Waals surface area contributed by atoms with Gasteiger partial charge in [0, 0.05) is 38.1 Å². The fourth-order valence-corrected chi connectivity index (χ4v) is 5.23. The summed E-state index contributed by atoms with van der Waals surface area (Å²) in [6, 6.07) is 5.86. The van der Waals surface area contributed by atoms with Crippen molar-refractivity contribution in [1.29, 1.82) is 0 Å². The molecule has 2 aromatic heterocycles. The lowest BCUT2D eigenvalue weighted by molar-refractivity contribution is -0.385. The molecule has 1 aromatic carbocycles. The molecule has 17 nitrogen and oxygen atoms in total. The zero-order chi connectivity index (χ0) is 34.4. The number of piperidine rings is 1. The first kappa shape index (κ1) is 36.1. The summed E-state index contributed by atoms with van der Waals surface area (Å²) in [6.45, 7) is 6.32. The van der Waals surface area contributed by atoms with Crippen LogP contribution >= 0.6 is 23.2 Å². The van der Waals surface area contributed by atoms with E-state index >= 15 is 0 Å². The Morgan fingerprint density at radius 1 is 0.978 bits per heavy atom. The van der Waals surface area contributed by atoms with Crippen LogP contribution in [0.4, 0.5) is 33.5 Å². The van der Waals surface area contributed by atoms with Gasteiger partial charge in [-0.05, 0) is 57.9 Å². The Hall–Kier alpha value is -4.42. The zero-order valence-corrected chi connectivity index (χ0v) is 27.7. The van der Waals surface area contributed by atoms with Crippen LogP contribution in [0.25, 0.3) is 0 Å². The molecular weight excluding hydrogens is 669 g/mol. The molecule has 3 aromatic rings. The number of carbonyl (C=O) groups excluding carboxylic acids is 1. The molecule has 3 heterocycles. The van der Waals surface area contributed by atoms with Crippen LogP contribution in [0.15, 0.2) is 41.8 Å². The number of nitrogens with zero attached hydrogens (tertiary/aromatic N) is 8. The molecule has 1 aliphatic rings. The quantitative estimate of drug-likeness (QED) is 0.194. The summed E-state index contributed by atoms with van der Waals surface area (Å²) in [6.07, 6.45) is 4.16. The SMILES string of the molecule is CN(c1ccc(S(C)(=O)=O)cc1)c1ncnc(NC2CCN(C(=O)OC(C)(C)C)CC2)c1[N+](=O)[O-].O=[N+]([O-])c1c(Cl)ncnc1Cl. The summed E-state index contributed by atoms with van der Waals surface area (Å²) in [5, 5.41) is 24.8. The third-order valence-electron chi connectivity index (χ3n) is 6.36. The minimum Gasteiger partial charge on any atom is -0.444 e. The van der Waals surface area contributed by atoms with E-state index in [1.165, 1.54) is 23.4 Å². The number of likely N-dealkylation sites (tertiary alicyclic amines) is 1. The minimum atomic E-state index is -3.37. The number of rotatable bonds is 7. The average molecular weight is 701 g/mol. The Morgan fingerprint density at radius 3 is 1.96 bits per heavy atom. The average Bonchev–Trinajstić information content (AvgIpc) is 2.96. The molecule has 1 N–H and O–H groups in total. The van der Waals surface area contributed by atoms with E-state index in [9.17, 15) is 33.4 Å². The number of nitrogens with one attached hydrogen (secondary N) is 1. The van der Waals surface area contributed by atoms with Gasteiger partial charge in [-0.1, -0.05) is 23.2 Å². The van der Waals surface area contributed by atoms with Gasteiger partial charge >= 0.3 is 17.5 Å². The summed E-state index contributed by atoms with van der Waals surface area (Å²) >= 11 is 10.7. The highest BCUT2D eigenvalue weighted by Crippen LogP contribution is 2.36. The number of sulfone groups is 1. The fraction of sp³-hybridized carbons (Fsp3) is 0.423. The highest BCUT2D eigenvalue weighted by Gasteiger charge is 2.31. The lowest BCUT2D eigenvalue weighted by Gasteiger charge is -2.33. The lowest BCUT2D eigenvalue weighted by atomic mass is 10.1. The number of ether oxygens (including phenoxy) is 1. The number of hydrogen-bond donors (Lipinski definition) is 1. The molecule has 1 aliphatic heterocycles. The van der Waals surface area contributed by atoms with Crippen molar-refractivity contribution in [2.75, 3.05) is 36.6 Å². The van der Waals surface area contributed by atoms with Crippen LogP contribution in [0.5, 0.6) is 0 Å². The fourth-order valence-electron chi connectivity index (χ4n) is 4.14. The van der Waals surface area contributed by atoms with Crippen LogP contribution in [-0.4, -0.2) is 87.2 Å². The van der Waals surface area contributed by atoms with Gasteiger partial charge in [0.2, 0.25) is 21.9 Å². The predicted octanol–water partition coefficient (Wildman–Crippen LogP) is 5.06. The zero-order valence-electron chi connectivity index (χ0n) is 25.4. The van der Waals surface area contributed by atoms with E-state index in [1.54, 1.807) is 24.1 Å². The molecule has 0 radical (unpaired) electrons. The van der Waals surface area contributed by atoms with Gasteiger partial charge in [0.25, 0.3) is 0 Å². The van der Waals surface area contributed by atoms with Gasteiger partial charge in [-0.3, -0.25) is 20.2 Å². The highest BCUT2D eigenvalue weighted by molar-refractivity contribution is 7.90. The number of anilines is 3. The van der Waals surface area contributed by atoms with Crippen molar-refractivity contribution in [3.05, 3.63) is 67.5 Å². The first-order chi connectivity index (χ1) is 21.4. The number of carbonyl (C=O) groups is 1. The highest BCUT2D eigenvalue weighted by atomic mass is 35.5. The third-order valence-corrected chi connectivity index (χ3v) is 8.04. The van der Waals surface area contributed by atoms with E-state index < -0.39 is 31.0 Å². The van der Waals surface area contributed by atoms with Gasteiger partial charge in [0.15, 0.2) is 9.84 Å². The van der Waals surface area contributed by atoms with Crippen molar-refractivity contribution < 1.29 is 27.8 Å². The number of amides is 1. The standard InChI is InChI=1S/C22H30N6O6S.C4HCl2N3O2/c1-22(2,3)34-21(29)27-12-10-15(11-13-27)25-19-18(28(30)31)20(24-14-23-19)26(4)16-6-8-17(9-7-16)35(5,32)33;5-3-2(9(10)11)4(6)8-1-7-3/h6-9,14-15H,10-13H2,1-5H3,(H,23,24,25);1H. The maximum Gasteiger partial charge on any atom is 0.410 e. The van der Waals surface area contributed by atoms with Crippen LogP contribution < -0.4 is 10.2 Å². The van der Waals surface area contributed by atoms with Crippen LogP contribution in [0.3, 0.4) is 0 Å². The number of halogens is 2. The number of nitro groups is 2. The summed E-state index contributed by atoms with van der Waals surface area (Å²) in [5.74, 6) is 0.140. The Kier molecular flexibility index (Phi) is 11.6. The van der Waals surface area contributed by atoms with Gasteiger partial charge in [0.05, 0.1) is 14.7 Å². The molecule has 0 unspecified atom stereocenters. The summed E-state index contributed by atoms with van der Waals surface area (Å²) in [4.78, 5) is 51.5. The van der Waals surface area contributed by atoms with Crippen LogP contribution in [0, 0.1) is 20.2 Å². The smallest absolute Gasteiger partial charge is 0.410 e. The Labute approximate surface area is 274 Å². The topological polar surface area (TPSA) is 217 Å². The van der Waals surface area contributed by atoms with Crippen molar-refractivity contribution >= 4 is 67.8 Å². The van der Waals surface area contributed by atoms with Crippen molar-refractivity contribution in [2.45, 2.75) is 50.2 Å². The van der Waals surface area contributed by atoms with Gasteiger partial charge in [-0.2, -0.15) is 0 Å². The normalized spacial score (nSPS) is 13.7. The molecule has 1 fully saturated rings.